The van der Waals surface area contributed by atoms with Crippen LogP contribution in [0.25, 0.3) is 22.3 Å². The molecule has 0 spiro atoms. The Balaban J connectivity index is 0.000000192. The monoisotopic (exact) mass is 1050 g/mol. The number of amides is 2. The molecule has 2 heterocycles. The van der Waals surface area contributed by atoms with Crippen molar-refractivity contribution in [3.63, 3.8) is 0 Å². The number of rotatable bonds is 15. The highest BCUT2D eigenvalue weighted by Crippen LogP contribution is 2.30. The van der Waals surface area contributed by atoms with Gasteiger partial charge in [-0.2, -0.15) is 0 Å². The summed E-state index contributed by atoms with van der Waals surface area (Å²) >= 11 is 0. The third kappa shape index (κ3) is 14.2. The fraction of sp³-hybridized carbons (Fsp3) is 0.224. The van der Waals surface area contributed by atoms with Crippen molar-refractivity contribution < 1.29 is 28.7 Å². The van der Waals surface area contributed by atoms with Gasteiger partial charge in [0.15, 0.2) is 0 Å². The SMILES string of the molecule is CCOC(=O)C(c1ccccc1)N1CCCN(c2ccc(NC(=O)c3ccccc3-c3ccccc3)cc2)CC1.COC(=O)C(c1ccccc1)N1CCCN(c2ccc(NC(=O)c3ccccc3-c3ccccc3)cc2)CC1. The number of hydrogen-bond donors (Lipinski definition) is 2. The molecule has 10 rings (SSSR count). The third-order valence-corrected chi connectivity index (χ3v) is 14.4. The number of nitrogens with zero attached hydrogens (tertiary/aromatic N) is 4. The Hall–Kier alpha value is -8.84. The highest BCUT2D eigenvalue weighted by Gasteiger charge is 2.32. The van der Waals surface area contributed by atoms with Gasteiger partial charge in [-0.1, -0.05) is 158 Å². The van der Waals surface area contributed by atoms with Crippen molar-refractivity contribution in [3.05, 3.63) is 241 Å². The summed E-state index contributed by atoms with van der Waals surface area (Å²) in [6.45, 7) is 8.66. The van der Waals surface area contributed by atoms with Gasteiger partial charge in [0, 0.05) is 86.2 Å². The largest absolute Gasteiger partial charge is 0.468 e. The van der Waals surface area contributed by atoms with Crippen LogP contribution >= 0.6 is 0 Å². The number of benzene rings is 8. The molecule has 12 nitrogen and oxygen atoms in total. The van der Waals surface area contributed by atoms with Crippen LogP contribution in [0, 0.1) is 0 Å². The van der Waals surface area contributed by atoms with Crippen LogP contribution in [0.4, 0.5) is 22.7 Å². The molecule has 2 fully saturated rings. The molecule has 2 atom stereocenters. The molecule has 0 bridgehead atoms. The average Bonchev–Trinajstić information content (AvgIpc) is 3.94. The van der Waals surface area contributed by atoms with Crippen LogP contribution in [-0.4, -0.2) is 99.6 Å². The van der Waals surface area contributed by atoms with Crippen LogP contribution in [-0.2, 0) is 19.1 Å². The van der Waals surface area contributed by atoms with Crippen molar-refractivity contribution in [2.75, 3.05) is 86.5 Å². The number of anilines is 4. The van der Waals surface area contributed by atoms with Crippen molar-refractivity contribution in [2.45, 2.75) is 31.8 Å². The number of hydrogen-bond acceptors (Lipinski definition) is 10. The summed E-state index contributed by atoms with van der Waals surface area (Å²) in [4.78, 5) is 61.1. The zero-order valence-electron chi connectivity index (χ0n) is 45.0. The summed E-state index contributed by atoms with van der Waals surface area (Å²) in [7, 11) is 1.45. The van der Waals surface area contributed by atoms with Crippen LogP contribution < -0.4 is 20.4 Å². The van der Waals surface area contributed by atoms with Crippen molar-refractivity contribution in [2.24, 2.45) is 0 Å². The van der Waals surface area contributed by atoms with E-state index in [9.17, 15) is 19.2 Å². The summed E-state index contributed by atoms with van der Waals surface area (Å²) in [6.07, 6.45) is 1.85. The summed E-state index contributed by atoms with van der Waals surface area (Å²) in [5.74, 6) is -0.703. The molecule has 0 aromatic heterocycles. The second-order valence-corrected chi connectivity index (χ2v) is 19.5. The summed E-state index contributed by atoms with van der Waals surface area (Å²) < 4.78 is 10.6. The maximum atomic E-state index is 13.2. The predicted octanol–water partition coefficient (Wildman–Crippen LogP) is 12.5. The lowest BCUT2D eigenvalue weighted by molar-refractivity contribution is -0.150. The van der Waals surface area contributed by atoms with Gasteiger partial charge in [-0.3, -0.25) is 19.4 Å². The molecule has 79 heavy (non-hydrogen) atoms. The first kappa shape index (κ1) is 54.9. The average molecular weight is 1050 g/mol. The Morgan fingerprint density at radius 2 is 0.785 bits per heavy atom. The lowest BCUT2D eigenvalue weighted by atomic mass is 9.99. The minimum atomic E-state index is -0.410. The molecule has 2 amide bonds. The van der Waals surface area contributed by atoms with E-state index >= 15 is 0 Å². The first-order chi connectivity index (χ1) is 38.8. The number of ether oxygens (including phenoxy) is 2. The maximum absolute atomic E-state index is 13.2. The molecule has 2 N–H and O–H groups in total. The van der Waals surface area contributed by atoms with Gasteiger partial charge >= 0.3 is 11.9 Å². The highest BCUT2D eigenvalue weighted by molar-refractivity contribution is 6.09. The Morgan fingerprint density at radius 1 is 0.418 bits per heavy atom. The number of nitrogens with one attached hydrogen (secondary N) is 2. The van der Waals surface area contributed by atoms with Crippen LogP contribution in [0.2, 0.25) is 0 Å². The Kier molecular flexibility index (Phi) is 19.1. The molecule has 0 saturated carbocycles. The van der Waals surface area contributed by atoms with Gasteiger partial charge in [-0.05, 0) is 114 Å². The van der Waals surface area contributed by atoms with Crippen LogP contribution in [0.3, 0.4) is 0 Å². The molecule has 2 saturated heterocycles. The molecule has 2 unspecified atom stereocenters. The molecule has 0 radical (unpaired) electrons. The van der Waals surface area contributed by atoms with E-state index < -0.39 is 12.1 Å². The number of carbonyl (C=O) groups is 4. The van der Waals surface area contributed by atoms with Gasteiger partial charge < -0.3 is 29.9 Å². The van der Waals surface area contributed by atoms with E-state index in [1.54, 1.807) is 0 Å². The van der Waals surface area contributed by atoms with Gasteiger partial charge in [0.2, 0.25) is 0 Å². The lowest BCUT2D eigenvalue weighted by Crippen LogP contribution is -2.38. The summed E-state index contributed by atoms with van der Waals surface area (Å²) in [5.41, 5.74) is 10.7. The zero-order valence-corrected chi connectivity index (χ0v) is 45.0. The highest BCUT2D eigenvalue weighted by atomic mass is 16.5. The van der Waals surface area contributed by atoms with Gasteiger partial charge in [-0.25, -0.2) is 9.59 Å². The topological polar surface area (TPSA) is 124 Å². The molecule has 2 aliphatic rings. The Bertz CT molecular complexity index is 3240. The quantitative estimate of drug-likeness (QED) is 0.0959. The normalized spacial score (nSPS) is 14.7. The smallest absolute Gasteiger partial charge is 0.328 e. The van der Waals surface area contributed by atoms with E-state index in [-0.39, 0.29) is 23.8 Å². The Morgan fingerprint density at radius 3 is 1.18 bits per heavy atom. The van der Waals surface area contributed by atoms with E-state index in [4.69, 9.17) is 9.47 Å². The van der Waals surface area contributed by atoms with Crippen LogP contribution in [0.15, 0.2) is 218 Å². The molecule has 0 aliphatic carbocycles. The third-order valence-electron chi connectivity index (χ3n) is 14.4. The van der Waals surface area contributed by atoms with E-state index in [2.05, 4.69) is 30.2 Å². The van der Waals surface area contributed by atoms with E-state index in [0.29, 0.717) is 17.7 Å². The van der Waals surface area contributed by atoms with Crippen LogP contribution in [0.1, 0.15) is 63.7 Å². The van der Waals surface area contributed by atoms with Crippen LogP contribution in [0.5, 0.6) is 0 Å². The molecule has 12 heteroatoms. The minimum absolute atomic E-state index is 0.136. The zero-order chi connectivity index (χ0) is 54.8. The fourth-order valence-electron chi connectivity index (χ4n) is 10.5. The van der Waals surface area contributed by atoms with Crippen molar-refractivity contribution in [1.82, 2.24) is 9.80 Å². The number of methoxy groups -OCH3 is 1. The van der Waals surface area contributed by atoms with E-state index in [1.807, 2.05) is 225 Å². The predicted molar refractivity (Wildman–Crippen MR) is 316 cm³/mol. The van der Waals surface area contributed by atoms with E-state index in [1.165, 1.54) is 7.11 Å². The molecule has 8 aromatic carbocycles. The lowest BCUT2D eigenvalue weighted by Gasteiger charge is -2.29. The molecular formula is C67H68N6O6. The first-order valence-electron chi connectivity index (χ1n) is 27.2. The molecule has 8 aromatic rings. The number of carbonyl (C=O) groups excluding carboxylic acids is 4. The van der Waals surface area contributed by atoms with Gasteiger partial charge in [-0.15, -0.1) is 0 Å². The fourth-order valence-corrected chi connectivity index (χ4v) is 10.5. The molecular weight excluding hydrogens is 985 g/mol. The standard InChI is InChI=1S/C34H35N3O3.C33H33N3O3/c1-2-40-34(39)32(27-14-7-4-8-15-27)37-23-11-22-36(24-25-37)29-20-18-28(19-21-29)35-33(38)31-17-10-9-16-30(31)26-12-5-3-6-13-26;1-39-33(38)31(26-13-6-3-7-14-26)36-22-10-21-35(23-24-36)28-19-17-27(18-20-28)34-32(37)30-16-9-8-15-29(30)25-11-4-2-5-12-25/h3-10,12-21,32H,2,11,22-25H2,1H3,(H,35,38);2-9,11-20,31H,10,21-24H2,1H3,(H,34,37). The minimum Gasteiger partial charge on any atom is -0.468 e. The van der Waals surface area contributed by atoms with Crippen molar-refractivity contribution >= 4 is 46.5 Å². The van der Waals surface area contributed by atoms with Crippen molar-refractivity contribution in [3.8, 4) is 22.3 Å². The van der Waals surface area contributed by atoms with Crippen molar-refractivity contribution in [1.29, 1.82) is 0 Å². The summed E-state index contributed by atoms with van der Waals surface area (Å²) in [6, 6.07) is 70.1. The summed E-state index contributed by atoms with van der Waals surface area (Å²) in [5, 5.41) is 6.11. The molecule has 402 valence electrons. The van der Waals surface area contributed by atoms with Gasteiger partial charge in [0.05, 0.1) is 13.7 Å². The van der Waals surface area contributed by atoms with Gasteiger partial charge in [0.1, 0.15) is 12.1 Å². The maximum Gasteiger partial charge on any atom is 0.328 e. The Labute approximate surface area is 464 Å². The van der Waals surface area contributed by atoms with E-state index in [0.717, 1.165) is 121 Å². The second kappa shape index (κ2) is 27.5. The second-order valence-electron chi connectivity index (χ2n) is 19.5. The first-order valence-corrected chi connectivity index (χ1v) is 27.2. The van der Waals surface area contributed by atoms with Gasteiger partial charge in [0.25, 0.3) is 11.8 Å². The number of esters is 2. The molecule has 2 aliphatic heterocycles.